The van der Waals surface area contributed by atoms with Crippen LogP contribution in [0.25, 0.3) is 0 Å². The lowest BCUT2D eigenvalue weighted by atomic mass is 10.1. The zero-order chi connectivity index (χ0) is 19.6. The number of thiol groups is 1. The van der Waals surface area contributed by atoms with E-state index < -0.39 is 29.2 Å². The Bertz CT molecular complexity index is 768. The molecule has 0 saturated carbocycles. The maximum atomic E-state index is 12.3. The molecule has 0 heterocycles. The van der Waals surface area contributed by atoms with Crippen molar-refractivity contribution in [2.45, 2.75) is 32.0 Å². The van der Waals surface area contributed by atoms with Crippen LogP contribution in [0.4, 0.5) is 4.79 Å². The summed E-state index contributed by atoms with van der Waals surface area (Å²) < 4.78 is 5.08. The van der Waals surface area contributed by atoms with Crippen LogP contribution in [0.1, 0.15) is 18.1 Å². The number of carbonyl (C=O) groups excluding carboxylic acids is 3. The van der Waals surface area contributed by atoms with Gasteiger partial charge in [0.05, 0.1) is 0 Å². The fourth-order valence-electron chi connectivity index (χ4n) is 2.35. The summed E-state index contributed by atoms with van der Waals surface area (Å²) in [4.78, 5) is 35.9. The Morgan fingerprint density at radius 2 is 1.48 bits per heavy atom. The fraction of sp³-hybridized carbons (Fsp3) is 0.250. The maximum Gasteiger partial charge on any atom is 0.408 e. The number of carbonyl (C=O) groups is 3. The second-order valence-corrected chi connectivity index (χ2v) is 6.46. The van der Waals surface area contributed by atoms with Gasteiger partial charge < -0.3 is 15.4 Å². The molecule has 0 aromatic heterocycles. The molecule has 0 unspecified atom stereocenters. The van der Waals surface area contributed by atoms with Crippen molar-refractivity contribution in [2.24, 2.45) is 0 Å². The minimum atomic E-state index is -0.862. The Kier molecular flexibility index (Phi) is 7.88. The van der Waals surface area contributed by atoms with Crippen molar-refractivity contribution in [3.05, 3.63) is 71.8 Å². The quantitative estimate of drug-likeness (QED) is 0.609. The van der Waals surface area contributed by atoms with Crippen molar-refractivity contribution >= 4 is 29.7 Å². The summed E-state index contributed by atoms with van der Waals surface area (Å²) >= 11 is 3.84. The second-order valence-electron chi connectivity index (χ2n) is 6.02. The summed E-state index contributed by atoms with van der Waals surface area (Å²) in [5.74, 6) is -0.491. The number of ether oxygens (including phenoxy) is 1. The molecule has 0 saturated heterocycles. The van der Waals surface area contributed by atoms with Crippen LogP contribution in [0, 0.1) is 0 Å². The highest BCUT2D eigenvalue weighted by molar-refractivity contribution is 7.96. The first-order valence-corrected chi connectivity index (χ1v) is 8.94. The molecular formula is C20H22N2O4S. The average molecular weight is 386 g/mol. The van der Waals surface area contributed by atoms with Crippen molar-refractivity contribution < 1.29 is 19.1 Å². The molecule has 2 aromatic carbocycles. The highest BCUT2D eigenvalue weighted by Gasteiger charge is 2.23. The zero-order valence-electron chi connectivity index (χ0n) is 14.9. The first kappa shape index (κ1) is 20.5. The number of alkyl carbamates (subject to hydrolysis) is 1. The van der Waals surface area contributed by atoms with Gasteiger partial charge in [0, 0.05) is 6.42 Å². The number of nitrogens with one attached hydrogen (secondary N) is 2. The van der Waals surface area contributed by atoms with Crippen LogP contribution in [-0.4, -0.2) is 29.2 Å². The monoisotopic (exact) mass is 386 g/mol. The molecule has 2 rings (SSSR count). The van der Waals surface area contributed by atoms with Crippen molar-refractivity contribution in [1.29, 1.82) is 0 Å². The van der Waals surface area contributed by atoms with E-state index in [1.54, 1.807) is 0 Å². The summed E-state index contributed by atoms with van der Waals surface area (Å²) in [6.45, 7) is 1.62. The molecule has 0 radical (unpaired) electrons. The van der Waals surface area contributed by atoms with E-state index in [4.69, 9.17) is 4.74 Å². The first-order chi connectivity index (χ1) is 13.0. The molecule has 0 bridgehead atoms. The normalized spacial score (nSPS) is 12.5. The highest BCUT2D eigenvalue weighted by atomic mass is 32.1. The van der Waals surface area contributed by atoms with Crippen LogP contribution in [0.5, 0.6) is 0 Å². The molecule has 0 aliphatic rings. The van der Waals surface area contributed by atoms with E-state index in [2.05, 4.69) is 23.3 Å². The van der Waals surface area contributed by atoms with E-state index in [1.807, 2.05) is 60.7 Å². The van der Waals surface area contributed by atoms with Gasteiger partial charge in [-0.25, -0.2) is 4.79 Å². The van der Waals surface area contributed by atoms with Crippen LogP contribution in [0.2, 0.25) is 0 Å². The summed E-state index contributed by atoms with van der Waals surface area (Å²) in [6, 6.07) is 16.9. The van der Waals surface area contributed by atoms with Crippen LogP contribution in [0.15, 0.2) is 60.7 Å². The standard InChI is InChI=1S/C20H22N2O4S/c1-14(21-20(25)26-13-16-10-6-3-7-11-16)18(23)22-17(19(24)27)12-15-8-4-2-5-9-15/h2-11,14,17H,12-13H2,1H3,(H,21,25)(H,22,23)(H,24,27)/t14-,17-/m0/s1. The Labute approximate surface area is 163 Å². The van der Waals surface area contributed by atoms with Crippen LogP contribution < -0.4 is 10.6 Å². The predicted molar refractivity (Wildman–Crippen MR) is 105 cm³/mol. The topological polar surface area (TPSA) is 84.5 Å². The lowest BCUT2D eigenvalue weighted by Gasteiger charge is -2.19. The van der Waals surface area contributed by atoms with Gasteiger partial charge in [-0.05, 0) is 18.1 Å². The van der Waals surface area contributed by atoms with E-state index in [9.17, 15) is 14.4 Å². The Morgan fingerprint density at radius 1 is 0.926 bits per heavy atom. The van der Waals surface area contributed by atoms with Crippen molar-refractivity contribution in [3.63, 3.8) is 0 Å². The third-order valence-electron chi connectivity index (χ3n) is 3.84. The smallest absolute Gasteiger partial charge is 0.408 e. The Balaban J connectivity index is 1.83. The third-order valence-corrected chi connectivity index (χ3v) is 4.15. The van der Waals surface area contributed by atoms with Crippen molar-refractivity contribution in [2.75, 3.05) is 0 Å². The summed E-state index contributed by atoms with van der Waals surface area (Å²) in [5.41, 5.74) is 1.74. The molecule has 0 fully saturated rings. The van der Waals surface area contributed by atoms with Gasteiger partial charge in [0.15, 0.2) is 0 Å². The molecule has 2 aromatic rings. The predicted octanol–water partition coefficient (Wildman–Crippen LogP) is 2.49. The summed E-state index contributed by atoms with van der Waals surface area (Å²) in [5, 5.41) is 4.60. The largest absolute Gasteiger partial charge is 0.445 e. The summed E-state index contributed by atoms with van der Waals surface area (Å²) in [7, 11) is 0. The Hall–Kier alpha value is -2.80. The van der Waals surface area contributed by atoms with Gasteiger partial charge in [-0.3, -0.25) is 9.59 Å². The van der Waals surface area contributed by atoms with Gasteiger partial charge in [-0.2, -0.15) is 0 Å². The fourth-order valence-corrected chi connectivity index (χ4v) is 2.51. The molecule has 142 valence electrons. The van der Waals surface area contributed by atoms with E-state index >= 15 is 0 Å². The SMILES string of the molecule is C[C@H](NC(=O)OCc1ccccc1)C(=O)N[C@@H](Cc1ccccc1)C(=O)S. The van der Waals surface area contributed by atoms with Gasteiger partial charge in [-0.15, -0.1) is 12.6 Å². The van der Waals surface area contributed by atoms with Crippen molar-refractivity contribution in [1.82, 2.24) is 10.6 Å². The van der Waals surface area contributed by atoms with Gasteiger partial charge in [0.25, 0.3) is 0 Å². The molecule has 2 amide bonds. The van der Waals surface area contributed by atoms with Gasteiger partial charge in [0.1, 0.15) is 18.7 Å². The second kappa shape index (κ2) is 10.4. The van der Waals surface area contributed by atoms with Crippen LogP contribution in [0.3, 0.4) is 0 Å². The Morgan fingerprint density at radius 3 is 2.04 bits per heavy atom. The van der Waals surface area contributed by atoms with Gasteiger partial charge in [-0.1, -0.05) is 60.7 Å². The molecule has 27 heavy (non-hydrogen) atoms. The molecule has 0 aliphatic heterocycles. The van der Waals surface area contributed by atoms with E-state index in [1.165, 1.54) is 6.92 Å². The molecule has 2 N–H and O–H groups in total. The number of amides is 2. The lowest BCUT2D eigenvalue weighted by molar-refractivity contribution is -0.125. The van der Waals surface area contributed by atoms with Crippen LogP contribution >= 0.6 is 12.6 Å². The average Bonchev–Trinajstić information content (AvgIpc) is 2.67. The molecule has 0 aliphatic carbocycles. The van der Waals surface area contributed by atoms with Gasteiger partial charge in [0.2, 0.25) is 11.0 Å². The molecule has 6 nitrogen and oxygen atoms in total. The molecule has 0 spiro atoms. The van der Waals surface area contributed by atoms with E-state index in [0.717, 1.165) is 11.1 Å². The van der Waals surface area contributed by atoms with Crippen molar-refractivity contribution in [3.8, 4) is 0 Å². The third kappa shape index (κ3) is 7.15. The number of hydrogen-bond acceptors (Lipinski definition) is 4. The molecular weight excluding hydrogens is 364 g/mol. The minimum Gasteiger partial charge on any atom is -0.445 e. The van der Waals surface area contributed by atoms with Crippen LogP contribution in [-0.2, 0) is 27.4 Å². The number of hydrogen-bond donors (Lipinski definition) is 3. The van der Waals surface area contributed by atoms with Gasteiger partial charge >= 0.3 is 6.09 Å². The molecule has 7 heteroatoms. The molecule has 2 atom stereocenters. The minimum absolute atomic E-state index is 0.104. The number of benzene rings is 2. The lowest BCUT2D eigenvalue weighted by Crippen LogP contribution is -2.50. The highest BCUT2D eigenvalue weighted by Crippen LogP contribution is 2.06. The maximum absolute atomic E-state index is 12.3. The first-order valence-electron chi connectivity index (χ1n) is 8.50. The summed E-state index contributed by atoms with van der Waals surface area (Å²) in [6.07, 6.45) is -0.390. The zero-order valence-corrected chi connectivity index (χ0v) is 15.8. The van der Waals surface area contributed by atoms with E-state index in [0.29, 0.717) is 6.42 Å². The number of rotatable bonds is 8. The van der Waals surface area contributed by atoms with E-state index in [-0.39, 0.29) is 6.61 Å².